The lowest BCUT2D eigenvalue weighted by Crippen LogP contribution is -2.21. The van der Waals surface area contributed by atoms with E-state index in [1.54, 1.807) is 0 Å². The van der Waals surface area contributed by atoms with Gasteiger partial charge in [-0.15, -0.1) is 22.9 Å². The third-order valence-electron chi connectivity index (χ3n) is 4.11. The maximum absolute atomic E-state index is 5.95. The van der Waals surface area contributed by atoms with Gasteiger partial charge in [0.2, 0.25) is 0 Å². The molecule has 2 aromatic carbocycles. The predicted octanol–water partition coefficient (Wildman–Crippen LogP) is 6.87. The summed E-state index contributed by atoms with van der Waals surface area (Å²) in [5, 5.41) is 0. The first-order valence-electron chi connectivity index (χ1n) is 8.71. The van der Waals surface area contributed by atoms with Crippen molar-refractivity contribution in [1.29, 1.82) is 0 Å². The van der Waals surface area contributed by atoms with Crippen LogP contribution in [0.1, 0.15) is 58.2 Å². The molecule has 26 heavy (non-hydrogen) atoms. The van der Waals surface area contributed by atoms with Crippen LogP contribution in [0, 0.1) is 0 Å². The molecule has 2 aromatic rings. The van der Waals surface area contributed by atoms with Crippen molar-refractivity contribution in [3.63, 3.8) is 0 Å². The number of hydrogen-bond acceptors (Lipinski definition) is 2. The zero-order valence-electron chi connectivity index (χ0n) is 16.3. The Morgan fingerprint density at radius 1 is 0.923 bits per heavy atom. The van der Waals surface area contributed by atoms with Crippen molar-refractivity contribution >= 4 is 40.6 Å². The maximum atomic E-state index is 5.95. The second-order valence-corrected chi connectivity index (χ2v) is 9.43. The van der Waals surface area contributed by atoms with Gasteiger partial charge < -0.3 is 4.65 Å². The van der Waals surface area contributed by atoms with Gasteiger partial charge in [0.1, 0.15) is 5.75 Å². The minimum atomic E-state index is -0.944. The minimum absolute atomic E-state index is 0.00476. The van der Waals surface area contributed by atoms with Crippen LogP contribution in [0.5, 0.6) is 5.75 Å². The van der Waals surface area contributed by atoms with Gasteiger partial charge >= 0.3 is 5.75 Å². The molecular formula is C21H26BCl2NO. The molecule has 2 nitrogen and oxygen atoms in total. The van der Waals surface area contributed by atoms with Gasteiger partial charge in [0.05, 0.1) is 5.69 Å². The van der Waals surface area contributed by atoms with Gasteiger partial charge in [0, 0.05) is 11.8 Å². The van der Waals surface area contributed by atoms with E-state index < -0.39 is 5.75 Å². The van der Waals surface area contributed by atoms with E-state index in [0.717, 1.165) is 16.8 Å². The summed E-state index contributed by atoms with van der Waals surface area (Å²) in [4.78, 5) is 4.60. The fraction of sp³-hybridized carbons (Fsp3) is 0.381. The molecule has 0 aliphatic carbocycles. The van der Waals surface area contributed by atoms with Gasteiger partial charge in [-0.25, -0.2) is 0 Å². The van der Waals surface area contributed by atoms with Crippen LogP contribution >= 0.6 is 22.9 Å². The summed E-state index contributed by atoms with van der Waals surface area (Å²) in [6.45, 7) is 13.0. The molecule has 0 spiro atoms. The van der Waals surface area contributed by atoms with Crippen LogP contribution in [0.15, 0.2) is 47.5 Å². The molecule has 0 saturated carbocycles. The number of aliphatic imine (C=N–C) groups is 1. The first kappa shape index (κ1) is 20.9. The number of benzene rings is 2. The highest BCUT2D eigenvalue weighted by Crippen LogP contribution is 2.38. The molecule has 138 valence electrons. The van der Waals surface area contributed by atoms with Crippen LogP contribution in [0.2, 0.25) is 0 Å². The van der Waals surface area contributed by atoms with E-state index in [-0.39, 0.29) is 10.8 Å². The van der Waals surface area contributed by atoms with Crippen LogP contribution in [0.4, 0.5) is 5.69 Å². The summed E-state index contributed by atoms with van der Waals surface area (Å²) in [5.74, 6) is -0.263. The second-order valence-electron chi connectivity index (χ2n) is 8.41. The highest BCUT2D eigenvalue weighted by Gasteiger charge is 2.27. The van der Waals surface area contributed by atoms with Crippen LogP contribution in [0.25, 0.3) is 0 Å². The van der Waals surface area contributed by atoms with Crippen molar-refractivity contribution in [2.45, 2.75) is 52.4 Å². The fourth-order valence-corrected chi connectivity index (χ4v) is 2.79. The first-order valence-corrected chi connectivity index (χ1v) is 9.58. The molecule has 2 rings (SSSR count). The van der Waals surface area contributed by atoms with Gasteiger partial charge in [-0.05, 0) is 40.2 Å². The monoisotopic (exact) mass is 389 g/mol. The summed E-state index contributed by atoms with van der Waals surface area (Å²) < 4.78 is 5.80. The van der Waals surface area contributed by atoms with Gasteiger partial charge in [0.15, 0.2) is 0 Å². The molecule has 0 amide bonds. The summed E-state index contributed by atoms with van der Waals surface area (Å²) in [6.07, 6.45) is 1.82. The lowest BCUT2D eigenvalue weighted by Gasteiger charge is -2.29. The van der Waals surface area contributed by atoms with Crippen LogP contribution in [-0.4, -0.2) is 12.0 Å². The lowest BCUT2D eigenvalue weighted by atomic mass is 9.79. The van der Waals surface area contributed by atoms with Crippen molar-refractivity contribution < 1.29 is 4.65 Å². The molecule has 0 heterocycles. The largest absolute Gasteiger partial charge is 0.576 e. The Kier molecular flexibility index (Phi) is 6.47. The smallest absolute Gasteiger partial charge is 0.533 e. The Morgan fingerprint density at radius 2 is 1.54 bits per heavy atom. The number of halogens is 2. The predicted molar refractivity (Wildman–Crippen MR) is 116 cm³/mol. The first-order chi connectivity index (χ1) is 12.0. The molecule has 0 aliphatic heterocycles. The number of hydrogen-bond donors (Lipinski definition) is 0. The molecule has 0 N–H and O–H groups in total. The normalized spacial score (nSPS) is 12.5. The molecule has 0 saturated heterocycles. The highest BCUT2D eigenvalue weighted by molar-refractivity contribution is 7.31. The Balaban J connectivity index is 2.67. The van der Waals surface area contributed by atoms with E-state index in [0.29, 0.717) is 5.75 Å². The Morgan fingerprint density at radius 3 is 2.04 bits per heavy atom. The average Bonchev–Trinajstić information content (AvgIpc) is 2.52. The van der Waals surface area contributed by atoms with Gasteiger partial charge in [0.25, 0.3) is 0 Å². The Bertz CT molecular complexity index is 775. The lowest BCUT2D eigenvalue weighted by molar-refractivity contribution is 0.522. The van der Waals surface area contributed by atoms with E-state index in [1.165, 1.54) is 5.56 Å². The van der Waals surface area contributed by atoms with E-state index in [2.05, 4.69) is 58.7 Å². The van der Waals surface area contributed by atoms with Crippen molar-refractivity contribution in [2.24, 2.45) is 4.99 Å². The molecule has 0 radical (unpaired) electrons. The third-order valence-corrected chi connectivity index (χ3v) is 4.29. The summed E-state index contributed by atoms with van der Waals surface area (Å²) >= 11 is 11.9. The maximum Gasteiger partial charge on any atom is 0.576 e. The zero-order valence-corrected chi connectivity index (χ0v) is 17.8. The molecule has 0 aliphatic rings. The van der Waals surface area contributed by atoms with Crippen LogP contribution in [0.3, 0.4) is 0 Å². The van der Waals surface area contributed by atoms with Gasteiger partial charge in [-0.3, -0.25) is 4.99 Å². The van der Waals surface area contributed by atoms with Crippen molar-refractivity contribution in [3.8, 4) is 5.75 Å². The van der Waals surface area contributed by atoms with Crippen molar-refractivity contribution in [2.75, 3.05) is 0 Å². The topological polar surface area (TPSA) is 21.6 Å². The number of rotatable bonds is 4. The summed E-state index contributed by atoms with van der Waals surface area (Å²) in [7, 11) is 0. The standard InChI is InChI=1S/C21H26BCl2NO/c1-20(2,3)16-12-15(14-25-17-10-8-7-9-11-17)19(26-22(23)24)18(13-16)21(4,5)6/h7-14H,1-6H3. The second kappa shape index (κ2) is 8.06. The number of nitrogens with zero attached hydrogens (tertiary/aromatic N) is 1. The quantitative estimate of drug-likeness (QED) is 0.412. The Labute approximate surface area is 167 Å². The highest BCUT2D eigenvalue weighted by atomic mass is 35.5. The van der Waals surface area contributed by atoms with E-state index >= 15 is 0 Å². The summed E-state index contributed by atoms with van der Waals surface area (Å²) in [5.41, 5.74) is 3.89. The van der Waals surface area contributed by atoms with Gasteiger partial charge in [-0.2, -0.15) is 0 Å². The molecule has 0 atom stereocenters. The molecular weight excluding hydrogens is 364 g/mol. The SMILES string of the molecule is CC(C)(C)c1cc(C=Nc2ccccc2)c(OB(Cl)Cl)c(C(C)(C)C)c1. The fourth-order valence-electron chi connectivity index (χ4n) is 2.62. The van der Waals surface area contributed by atoms with E-state index in [1.807, 2.05) is 36.5 Å². The summed E-state index contributed by atoms with van der Waals surface area (Å²) in [6, 6.07) is 14.1. The number of para-hydroxylation sites is 1. The molecule has 0 unspecified atom stereocenters. The third kappa shape index (κ3) is 5.52. The Hall–Kier alpha value is -1.45. The average molecular weight is 390 g/mol. The molecule has 0 fully saturated rings. The van der Waals surface area contributed by atoms with Crippen LogP contribution in [-0.2, 0) is 10.8 Å². The molecule has 0 bridgehead atoms. The van der Waals surface area contributed by atoms with Gasteiger partial charge in [-0.1, -0.05) is 65.8 Å². The van der Waals surface area contributed by atoms with E-state index in [9.17, 15) is 0 Å². The zero-order chi connectivity index (χ0) is 19.5. The van der Waals surface area contributed by atoms with Crippen molar-refractivity contribution in [3.05, 3.63) is 59.2 Å². The van der Waals surface area contributed by atoms with Crippen LogP contribution < -0.4 is 4.65 Å². The van der Waals surface area contributed by atoms with Crippen molar-refractivity contribution in [1.82, 2.24) is 0 Å². The molecule has 5 heteroatoms. The molecule has 0 aromatic heterocycles. The minimum Gasteiger partial charge on any atom is -0.533 e. The van der Waals surface area contributed by atoms with E-state index in [4.69, 9.17) is 27.6 Å².